The van der Waals surface area contributed by atoms with Crippen molar-refractivity contribution in [1.82, 2.24) is 10.2 Å². The fourth-order valence-electron chi connectivity index (χ4n) is 2.51. The molecule has 118 valence electrons. The fraction of sp³-hybridized carbons (Fsp3) is 0.438. The second kappa shape index (κ2) is 7.47. The molecule has 3 rings (SSSR count). The fourth-order valence-corrected chi connectivity index (χ4v) is 3.23. The van der Waals surface area contributed by atoms with E-state index in [0.29, 0.717) is 19.6 Å². The normalized spacial score (nSPS) is 17.5. The van der Waals surface area contributed by atoms with E-state index in [4.69, 9.17) is 9.15 Å². The zero-order valence-electron chi connectivity index (χ0n) is 12.4. The number of hydrogen-bond acceptors (Lipinski definition) is 4. The summed E-state index contributed by atoms with van der Waals surface area (Å²) in [4.78, 5) is 15.4. The summed E-state index contributed by atoms with van der Waals surface area (Å²) in [5.41, 5.74) is 0.990. The molecule has 1 N–H and O–H groups in total. The predicted molar refractivity (Wildman–Crippen MR) is 84.6 cm³/mol. The Morgan fingerprint density at radius 2 is 2.36 bits per heavy atom. The molecule has 1 atom stereocenters. The van der Waals surface area contributed by atoms with Crippen LogP contribution in [0.25, 0.3) is 0 Å². The number of thiophene rings is 1. The van der Waals surface area contributed by atoms with Crippen molar-refractivity contribution in [3.63, 3.8) is 0 Å². The molecule has 1 aliphatic rings. The number of amides is 2. The Kier molecular flexibility index (Phi) is 5.13. The van der Waals surface area contributed by atoms with Crippen molar-refractivity contribution in [2.45, 2.75) is 32.0 Å². The summed E-state index contributed by atoms with van der Waals surface area (Å²) < 4.78 is 10.6. The number of furan rings is 1. The average molecular weight is 320 g/mol. The number of carbonyl (C=O) groups excluding carboxylic acids is 1. The second-order valence-electron chi connectivity index (χ2n) is 5.39. The lowest BCUT2D eigenvalue weighted by atomic mass is 10.2. The molecule has 0 saturated carbocycles. The molecule has 0 aromatic carbocycles. The summed E-state index contributed by atoms with van der Waals surface area (Å²) >= 11 is 1.65. The van der Waals surface area contributed by atoms with Crippen molar-refractivity contribution in [3.8, 4) is 0 Å². The van der Waals surface area contributed by atoms with E-state index < -0.39 is 0 Å². The van der Waals surface area contributed by atoms with Gasteiger partial charge in [-0.2, -0.15) is 0 Å². The molecule has 1 aliphatic heterocycles. The topological polar surface area (TPSA) is 54.7 Å². The van der Waals surface area contributed by atoms with Crippen molar-refractivity contribution in [2.24, 2.45) is 0 Å². The molecule has 6 heteroatoms. The Morgan fingerprint density at radius 3 is 3.05 bits per heavy atom. The first-order valence-electron chi connectivity index (χ1n) is 7.49. The molecule has 2 aromatic rings. The lowest BCUT2D eigenvalue weighted by Crippen LogP contribution is -2.42. The minimum atomic E-state index is -0.0647. The Bertz CT molecular complexity index is 526. The highest BCUT2D eigenvalue weighted by atomic mass is 32.1. The van der Waals surface area contributed by atoms with Crippen LogP contribution in [0.5, 0.6) is 0 Å². The molecule has 0 spiro atoms. The molecule has 2 aromatic heterocycles. The summed E-state index contributed by atoms with van der Waals surface area (Å²) in [5.74, 6) is 0. The number of nitrogens with zero attached hydrogens (tertiary/aromatic N) is 1. The number of nitrogens with one attached hydrogen (secondary N) is 1. The Hall–Kier alpha value is -1.79. The average Bonchev–Trinajstić information content (AvgIpc) is 3.27. The molecule has 5 nitrogen and oxygen atoms in total. The summed E-state index contributed by atoms with van der Waals surface area (Å²) in [5, 5.41) is 5.01. The third-order valence-electron chi connectivity index (χ3n) is 3.67. The third-order valence-corrected chi connectivity index (χ3v) is 4.53. The molecule has 0 bridgehead atoms. The van der Waals surface area contributed by atoms with E-state index in [0.717, 1.165) is 29.9 Å². The van der Waals surface area contributed by atoms with Crippen LogP contribution in [-0.2, 0) is 17.8 Å². The van der Waals surface area contributed by atoms with Gasteiger partial charge < -0.3 is 19.4 Å². The van der Waals surface area contributed by atoms with Crippen molar-refractivity contribution in [2.75, 3.05) is 13.2 Å². The Morgan fingerprint density at radius 1 is 1.41 bits per heavy atom. The lowest BCUT2D eigenvalue weighted by molar-refractivity contribution is 0.108. The maximum atomic E-state index is 12.5. The van der Waals surface area contributed by atoms with Gasteiger partial charge in [0.05, 0.1) is 31.7 Å². The van der Waals surface area contributed by atoms with Crippen LogP contribution in [0, 0.1) is 0 Å². The first kappa shape index (κ1) is 15.1. The smallest absolute Gasteiger partial charge is 0.318 e. The van der Waals surface area contributed by atoms with Gasteiger partial charge in [-0.05, 0) is 30.4 Å². The van der Waals surface area contributed by atoms with E-state index >= 15 is 0 Å². The highest BCUT2D eigenvalue weighted by molar-refractivity contribution is 7.09. The van der Waals surface area contributed by atoms with E-state index in [2.05, 4.69) is 5.32 Å². The number of urea groups is 1. The van der Waals surface area contributed by atoms with Crippen LogP contribution >= 0.6 is 11.3 Å². The van der Waals surface area contributed by atoms with E-state index in [1.54, 1.807) is 28.8 Å². The molecule has 0 radical (unpaired) electrons. The van der Waals surface area contributed by atoms with E-state index in [9.17, 15) is 4.79 Å². The third kappa shape index (κ3) is 4.11. The number of ether oxygens (including phenoxy) is 1. The molecule has 0 aliphatic carbocycles. The second-order valence-corrected chi connectivity index (χ2v) is 6.42. The van der Waals surface area contributed by atoms with Gasteiger partial charge >= 0.3 is 6.03 Å². The van der Waals surface area contributed by atoms with Crippen LogP contribution in [0.4, 0.5) is 4.79 Å². The first-order valence-corrected chi connectivity index (χ1v) is 8.37. The highest BCUT2D eigenvalue weighted by Crippen LogP contribution is 2.15. The molecule has 22 heavy (non-hydrogen) atoms. The van der Waals surface area contributed by atoms with Gasteiger partial charge in [0.15, 0.2) is 0 Å². The summed E-state index contributed by atoms with van der Waals surface area (Å²) in [6, 6.07) is 5.86. The van der Waals surface area contributed by atoms with Gasteiger partial charge in [-0.1, -0.05) is 6.07 Å². The van der Waals surface area contributed by atoms with Crippen LogP contribution in [0.1, 0.15) is 23.3 Å². The van der Waals surface area contributed by atoms with Gasteiger partial charge in [-0.15, -0.1) is 11.3 Å². The van der Waals surface area contributed by atoms with Crippen molar-refractivity contribution < 1.29 is 13.9 Å². The summed E-state index contributed by atoms with van der Waals surface area (Å²) in [7, 11) is 0. The van der Waals surface area contributed by atoms with Gasteiger partial charge in [0.2, 0.25) is 0 Å². The minimum absolute atomic E-state index is 0.0647. The van der Waals surface area contributed by atoms with Gasteiger partial charge in [0, 0.05) is 23.6 Å². The van der Waals surface area contributed by atoms with E-state index in [1.165, 1.54) is 0 Å². The monoisotopic (exact) mass is 320 g/mol. The molecule has 1 saturated heterocycles. The maximum absolute atomic E-state index is 12.5. The number of rotatable bonds is 6. The molecule has 1 fully saturated rings. The summed E-state index contributed by atoms with van der Waals surface area (Å²) in [6.07, 6.45) is 5.56. The molecule has 2 amide bonds. The quantitative estimate of drug-likeness (QED) is 0.889. The number of carbonyl (C=O) groups is 1. The van der Waals surface area contributed by atoms with E-state index in [-0.39, 0.29) is 12.1 Å². The lowest BCUT2D eigenvalue weighted by Gasteiger charge is -2.23. The molecule has 3 heterocycles. The van der Waals surface area contributed by atoms with Crippen molar-refractivity contribution in [1.29, 1.82) is 0 Å². The standard InChI is InChI=1S/C16H20N2O3S/c19-16(17-9-14-3-1-6-21-14)18(10-13-5-7-20-12-13)11-15-4-2-8-22-15/h2,4-5,7-8,12,14H,1,3,6,9-11H2,(H,17,19). The Balaban J connectivity index is 1.59. The summed E-state index contributed by atoms with van der Waals surface area (Å²) in [6.45, 7) is 2.51. The van der Waals surface area contributed by atoms with Crippen LogP contribution in [0.3, 0.4) is 0 Å². The van der Waals surface area contributed by atoms with Gasteiger partial charge in [0.25, 0.3) is 0 Å². The molecular formula is C16H20N2O3S. The number of hydrogen-bond donors (Lipinski definition) is 1. The van der Waals surface area contributed by atoms with Gasteiger partial charge in [0.1, 0.15) is 0 Å². The van der Waals surface area contributed by atoms with E-state index in [1.807, 2.05) is 23.6 Å². The van der Waals surface area contributed by atoms with Crippen LogP contribution < -0.4 is 5.32 Å². The molecule has 1 unspecified atom stereocenters. The zero-order valence-corrected chi connectivity index (χ0v) is 13.2. The van der Waals surface area contributed by atoms with Crippen LogP contribution in [-0.4, -0.2) is 30.2 Å². The first-order chi connectivity index (χ1) is 10.8. The van der Waals surface area contributed by atoms with Crippen molar-refractivity contribution in [3.05, 3.63) is 46.5 Å². The largest absolute Gasteiger partial charge is 0.472 e. The highest BCUT2D eigenvalue weighted by Gasteiger charge is 2.19. The SMILES string of the molecule is O=C(NCC1CCCO1)N(Cc1ccoc1)Cc1cccs1. The van der Waals surface area contributed by atoms with Crippen molar-refractivity contribution >= 4 is 17.4 Å². The minimum Gasteiger partial charge on any atom is -0.472 e. The zero-order chi connectivity index (χ0) is 15.2. The van der Waals surface area contributed by atoms with Gasteiger partial charge in [-0.3, -0.25) is 0 Å². The molecular weight excluding hydrogens is 300 g/mol. The van der Waals surface area contributed by atoms with Gasteiger partial charge in [-0.25, -0.2) is 4.79 Å². The van der Waals surface area contributed by atoms with Crippen LogP contribution in [0.2, 0.25) is 0 Å². The Labute approximate surface area is 133 Å². The predicted octanol–water partition coefficient (Wildman–Crippen LogP) is 3.23. The maximum Gasteiger partial charge on any atom is 0.318 e. The van der Waals surface area contributed by atoms with Crippen LogP contribution in [0.15, 0.2) is 40.5 Å².